The van der Waals surface area contributed by atoms with Crippen LogP contribution in [0.3, 0.4) is 0 Å². The lowest BCUT2D eigenvalue weighted by molar-refractivity contribution is -0.119. The van der Waals surface area contributed by atoms with Gasteiger partial charge in [0.1, 0.15) is 0 Å². The van der Waals surface area contributed by atoms with E-state index in [4.69, 9.17) is 0 Å². The van der Waals surface area contributed by atoms with Gasteiger partial charge in [-0.05, 0) is 62.1 Å². The van der Waals surface area contributed by atoms with E-state index in [1.54, 1.807) is 0 Å². The number of nitrogens with one attached hydrogen (secondary N) is 1. The van der Waals surface area contributed by atoms with Gasteiger partial charge in [-0.1, -0.05) is 32.9 Å². The second-order valence-electron chi connectivity index (χ2n) is 10.5. The monoisotopic (exact) mass is 418 g/mol. The minimum Gasteiger partial charge on any atom is -0.369 e. The van der Waals surface area contributed by atoms with Crippen LogP contribution in [-0.2, 0) is 10.2 Å². The second-order valence-corrected chi connectivity index (χ2v) is 10.5. The summed E-state index contributed by atoms with van der Waals surface area (Å²) in [6, 6.07) is 9.49. The van der Waals surface area contributed by atoms with Crippen molar-refractivity contribution >= 4 is 11.5 Å². The number of hydrogen-bond acceptors (Lipinski definition) is 5. The first-order valence-electron chi connectivity index (χ1n) is 11.9. The number of carbonyl (C=O) groups is 1. The molecule has 0 saturated carbocycles. The third-order valence-electron chi connectivity index (χ3n) is 7.78. The zero-order chi connectivity index (χ0) is 21.8. The van der Waals surface area contributed by atoms with Crippen molar-refractivity contribution in [2.75, 3.05) is 11.4 Å². The normalized spacial score (nSPS) is 31.8. The average molecular weight is 419 g/mol. The summed E-state index contributed by atoms with van der Waals surface area (Å²) in [5.74, 6) is 0.267. The Morgan fingerprint density at radius 1 is 1.23 bits per heavy atom. The minimum atomic E-state index is -0.461. The molecule has 1 N–H and O–H groups in total. The fourth-order valence-corrected chi connectivity index (χ4v) is 6.32. The summed E-state index contributed by atoms with van der Waals surface area (Å²) in [6.07, 6.45) is 7.80. The van der Waals surface area contributed by atoms with Gasteiger partial charge in [0.25, 0.3) is 0 Å². The first-order valence-corrected chi connectivity index (χ1v) is 11.9. The molecule has 2 unspecified atom stereocenters. The zero-order valence-corrected chi connectivity index (χ0v) is 19.2. The van der Waals surface area contributed by atoms with E-state index in [1.807, 2.05) is 6.20 Å². The highest BCUT2D eigenvalue weighted by atomic mass is 16.1. The smallest absolute Gasteiger partial charge is 0.164 e. The van der Waals surface area contributed by atoms with Crippen LogP contribution < -0.4 is 10.2 Å². The predicted octanol–water partition coefficient (Wildman–Crippen LogP) is 5.64. The van der Waals surface area contributed by atoms with Crippen LogP contribution in [0.15, 0.2) is 57.5 Å². The zero-order valence-electron chi connectivity index (χ0n) is 19.2. The van der Waals surface area contributed by atoms with E-state index < -0.39 is 5.41 Å². The Bertz CT molecular complexity index is 1000. The summed E-state index contributed by atoms with van der Waals surface area (Å²) in [5, 5.41) is 12.3. The molecule has 1 fully saturated rings. The maximum Gasteiger partial charge on any atom is 0.164 e. The van der Waals surface area contributed by atoms with Crippen LogP contribution >= 0.6 is 0 Å². The number of azo groups is 1. The molecule has 31 heavy (non-hydrogen) atoms. The van der Waals surface area contributed by atoms with E-state index in [-0.39, 0.29) is 17.4 Å². The summed E-state index contributed by atoms with van der Waals surface area (Å²) in [5.41, 5.74) is 5.12. The van der Waals surface area contributed by atoms with E-state index in [0.717, 1.165) is 36.2 Å². The summed E-state index contributed by atoms with van der Waals surface area (Å²) in [7, 11) is 0. The highest BCUT2D eigenvalue weighted by Crippen LogP contribution is 2.54. The number of carbonyl (C=O) groups excluding carboxylic acids is 1. The molecular weight excluding hydrogens is 384 g/mol. The van der Waals surface area contributed by atoms with E-state index in [9.17, 15) is 4.79 Å². The van der Waals surface area contributed by atoms with Gasteiger partial charge in [-0.25, -0.2) is 0 Å². The van der Waals surface area contributed by atoms with E-state index in [0.29, 0.717) is 12.5 Å². The van der Waals surface area contributed by atoms with E-state index >= 15 is 0 Å². The lowest BCUT2D eigenvalue weighted by atomic mass is 9.59. The fourth-order valence-electron chi connectivity index (χ4n) is 6.32. The van der Waals surface area contributed by atoms with Crippen molar-refractivity contribution in [1.82, 2.24) is 5.32 Å². The molecule has 0 aromatic heterocycles. The van der Waals surface area contributed by atoms with Gasteiger partial charge >= 0.3 is 0 Å². The number of allylic oxidation sites excluding steroid dienone is 2. The van der Waals surface area contributed by atoms with Crippen molar-refractivity contribution in [1.29, 1.82) is 0 Å². The highest BCUT2D eigenvalue weighted by molar-refractivity contribution is 6.01. The van der Waals surface area contributed by atoms with Crippen LogP contribution in [0.2, 0.25) is 0 Å². The van der Waals surface area contributed by atoms with Crippen LogP contribution in [0.25, 0.3) is 0 Å². The SMILES string of the molecule is CCC1(c2cccc(N3CCCC[C@H]3C)c2)C2=CN=NC2NC2=C1C(=O)CC(C)(C)C2. The molecule has 4 aliphatic rings. The largest absolute Gasteiger partial charge is 0.369 e. The van der Waals surface area contributed by atoms with Crippen molar-refractivity contribution in [3.63, 3.8) is 0 Å². The third kappa shape index (κ3) is 3.16. The molecule has 3 atom stereocenters. The first kappa shape index (κ1) is 20.5. The molecule has 0 amide bonds. The van der Waals surface area contributed by atoms with Crippen molar-refractivity contribution in [2.45, 2.75) is 83.8 Å². The molecule has 164 valence electrons. The van der Waals surface area contributed by atoms with Gasteiger partial charge in [-0.15, -0.1) is 0 Å². The van der Waals surface area contributed by atoms with Gasteiger partial charge in [-0.2, -0.15) is 10.2 Å². The maximum absolute atomic E-state index is 13.6. The quantitative estimate of drug-likeness (QED) is 0.691. The van der Waals surface area contributed by atoms with E-state index in [1.165, 1.54) is 30.5 Å². The number of hydrogen-bond donors (Lipinski definition) is 1. The van der Waals surface area contributed by atoms with Crippen LogP contribution in [0, 0.1) is 5.41 Å². The number of piperidine rings is 1. The summed E-state index contributed by atoms with van der Waals surface area (Å²) in [4.78, 5) is 16.2. The van der Waals surface area contributed by atoms with Gasteiger partial charge in [0.15, 0.2) is 11.9 Å². The highest BCUT2D eigenvalue weighted by Gasteiger charge is 2.53. The van der Waals surface area contributed by atoms with Crippen LogP contribution in [0.1, 0.15) is 71.8 Å². The molecule has 3 heterocycles. The predicted molar refractivity (Wildman–Crippen MR) is 124 cm³/mol. The van der Waals surface area contributed by atoms with Gasteiger partial charge in [0.2, 0.25) is 0 Å². The molecule has 0 spiro atoms. The molecule has 5 rings (SSSR count). The van der Waals surface area contributed by atoms with Crippen molar-refractivity contribution < 1.29 is 4.79 Å². The molecule has 5 nitrogen and oxygen atoms in total. The first-order chi connectivity index (χ1) is 14.9. The molecule has 1 aromatic rings. The molecular formula is C26H34N4O. The number of anilines is 1. The van der Waals surface area contributed by atoms with Crippen molar-refractivity contribution in [3.8, 4) is 0 Å². The van der Waals surface area contributed by atoms with Crippen LogP contribution in [-0.4, -0.2) is 24.5 Å². The topological polar surface area (TPSA) is 57.1 Å². The molecule has 0 bridgehead atoms. The Morgan fingerprint density at radius 3 is 2.84 bits per heavy atom. The second kappa shape index (κ2) is 7.32. The molecule has 0 radical (unpaired) electrons. The Hall–Kier alpha value is -2.43. The lowest BCUT2D eigenvalue weighted by Crippen LogP contribution is -2.51. The van der Waals surface area contributed by atoms with Gasteiger partial charge < -0.3 is 10.2 Å². The van der Waals surface area contributed by atoms with E-state index in [2.05, 4.69) is 72.4 Å². The summed E-state index contributed by atoms with van der Waals surface area (Å²) < 4.78 is 0. The fraction of sp³-hybridized carbons (Fsp3) is 0.577. The lowest BCUT2D eigenvalue weighted by Gasteiger charge is -2.48. The third-order valence-corrected chi connectivity index (χ3v) is 7.78. The Labute approximate surface area is 185 Å². The molecule has 5 heteroatoms. The molecule has 1 aliphatic carbocycles. The summed E-state index contributed by atoms with van der Waals surface area (Å²) >= 11 is 0. The maximum atomic E-state index is 13.6. The molecule has 3 aliphatic heterocycles. The summed E-state index contributed by atoms with van der Waals surface area (Å²) in [6.45, 7) is 10.00. The standard InChI is InChI=1S/C26H34N4O/c1-5-26(18-10-8-11-19(13-18)30-12-7-6-9-17(30)2)20-16-27-29-24(20)28-21-14-25(3,4)15-22(31)23(21)26/h8,10-11,13,16-17,24,28H,5-7,9,12,14-15H2,1-4H3/t17-,24?,26?/m1/s1. The Morgan fingerprint density at radius 2 is 2.06 bits per heavy atom. The number of rotatable bonds is 3. The number of nitrogens with zero attached hydrogens (tertiary/aromatic N) is 3. The number of ketones is 1. The Balaban J connectivity index is 1.68. The van der Waals surface area contributed by atoms with Gasteiger partial charge in [0, 0.05) is 41.5 Å². The molecule has 1 aromatic carbocycles. The number of Topliss-reactive ketones (excluding diaryl/α,β-unsaturated/α-hetero) is 1. The average Bonchev–Trinajstić information content (AvgIpc) is 3.20. The number of benzene rings is 1. The Kier molecular flexibility index (Phi) is 4.83. The van der Waals surface area contributed by atoms with Crippen molar-refractivity contribution in [3.05, 3.63) is 52.9 Å². The van der Waals surface area contributed by atoms with Crippen LogP contribution in [0.4, 0.5) is 5.69 Å². The van der Waals surface area contributed by atoms with Crippen molar-refractivity contribution in [2.24, 2.45) is 15.6 Å². The van der Waals surface area contributed by atoms with Gasteiger partial charge in [0.05, 0.1) is 11.6 Å². The van der Waals surface area contributed by atoms with Crippen LogP contribution in [0.5, 0.6) is 0 Å². The molecule has 1 saturated heterocycles. The number of fused-ring (bicyclic) bond motifs is 1. The minimum absolute atomic E-state index is 0.0373. The van der Waals surface area contributed by atoms with Gasteiger partial charge in [-0.3, -0.25) is 4.79 Å².